The van der Waals surface area contributed by atoms with E-state index >= 15 is 0 Å². The molecule has 0 aliphatic heterocycles. The fourth-order valence-electron chi connectivity index (χ4n) is 2.47. The highest BCUT2D eigenvalue weighted by Crippen LogP contribution is 2.16. The number of Topliss-reactive ketones (excluding diaryl/α,β-unsaturated/α-hetero) is 1. The normalized spacial score (nSPS) is 11.8. The van der Waals surface area contributed by atoms with E-state index in [1.807, 2.05) is 19.9 Å². The molecule has 1 aromatic carbocycles. The molecular formula is C21H25NO5S. The minimum Gasteiger partial charge on any atom is -0.494 e. The molecule has 1 N–H and O–H groups in total. The van der Waals surface area contributed by atoms with Gasteiger partial charge in [0.05, 0.1) is 11.5 Å². The molecular weight excluding hydrogens is 378 g/mol. The summed E-state index contributed by atoms with van der Waals surface area (Å²) in [6.45, 7) is 7.57. The Bertz CT molecular complexity index is 826. The highest BCUT2D eigenvalue weighted by Gasteiger charge is 2.27. The standard InChI is InChI=1S/C21H25NO5S/c1-5-26-16-9-7-15(8-10-16)20(24)22-19(13(2)3)21(25)27-12-17(23)18-11-6-14(4)28-18/h6-11,13,19H,5,12H2,1-4H3,(H,22,24)/t19-/m0/s1. The summed E-state index contributed by atoms with van der Waals surface area (Å²) >= 11 is 1.35. The number of carbonyl (C=O) groups excluding carboxylic acids is 3. The third kappa shape index (κ3) is 5.92. The van der Waals surface area contributed by atoms with Crippen molar-refractivity contribution in [2.24, 2.45) is 5.92 Å². The number of amides is 1. The smallest absolute Gasteiger partial charge is 0.329 e. The summed E-state index contributed by atoms with van der Waals surface area (Å²) in [6.07, 6.45) is 0. The molecule has 0 saturated heterocycles. The molecule has 0 bridgehead atoms. The van der Waals surface area contributed by atoms with Crippen LogP contribution in [0.2, 0.25) is 0 Å². The Hall–Kier alpha value is -2.67. The van der Waals surface area contributed by atoms with E-state index in [0.29, 0.717) is 22.8 Å². The average molecular weight is 404 g/mol. The second kappa shape index (κ2) is 10.0. The van der Waals surface area contributed by atoms with Gasteiger partial charge in [-0.2, -0.15) is 0 Å². The molecule has 1 atom stereocenters. The number of rotatable bonds is 9. The summed E-state index contributed by atoms with van der Waals surface area (Å²) < 4.78 is 10.5. The number of benzene rings is 1. The molecule has 0 fully saturated rings. The van der Waals surface area contributed by atoms with Crippen LogP contribution in [0.1, 0.15) is 45.7 Å². The third-order valence-corrected chi connectivity index (χ3v) is 5.04. The van der Waals surface area contributed by atoms with Gasteiger partial charge in [-0.1, -0.05) is 13.8 Å². The number of ether oxygens (including phenoxy) is 2. The second-order valence-corrected chi connectivity index (χ2v) is 7.88. The van der Waals surface area contributed by atoms with Crippen LogP contribution in [0.15, 0.2) is 36.4 Å². The van der Waals surface area contributed by atoms with Gasteiger partial charge in [-0.05, 0) is 56.2 Å². The van der Waals surface area contributed by atoms with Crippen LogP contribution in [0, 0.1) is 12.8 Å². The molecule has 0 saturated carbocycles. The number of hydrogen-bond donors (Lipinski definition) is 1. The van der Waals surface area contributed by atoms with Crippen LogP contribution >= 0.6 is 11.3 Å². The monoisotopic (exact) mass is 403 g/mol. The van der Waals surface area contributed by atoms with Crippen LogP contribution in [0.4, 0.5) is 0 Å². The zero-order valence-corrected chi connectivity index (χ0v) is 17.3. The minimum absolute atomic E-state index is 0.196. The maximum absolute atomic E-state index is 12.5. The van der Waals surface area contributed by atoms with Crippen LogP contribution in [0.5, 0.6) is 5.75 Å². The topological polar surface area (TPSA) is 81.7 Å². The highest BCUT2D eigenvalue weighted by atomic mass is 32.1. The first-order valence-electron chi connectivity index (χ1n) is 9.11. The van der Waals surface area contributed by atoms with Gasteiger partial charge in [0.1, 0.15) is 11.8 Å². The van der Waals surface area contributed by atoms with Crippen molar-refractivity contribution in [1.82, 2.24) is 5.32 Å². The lowest BCUT2D eigenvalue weighted by Crippen LogP contribution is -2.45. The lowest BCUT2D eigenvalue weighted by Gasteiger charge is -2.20. The summed E-state index contributed by atoms with van der Waals surface area (Å²) in [5.74, 6) is -0.805. The first-order chi connectivity index (χ1) is 13.3. The van der Waals surface area contributed by atoms with E-state index in [0.717, 1.165) is 4.88 Å². The van der Waals surface area contributed by atoms with Crippen LogP contribution in [-0.2, 0) is 9.53 Å². The van der Waals surface area contributed by atoms with Crippen LogP contribution in [0.3, 0.4) is 0 Å². The first kappa shape index (κ1) is 21.6. The van der Waals surface area contributed by atoms with E-state index in [1.165, 1.54) is 11.3 Å². The molecule has 2 rings (SSSR count). The average Bonchev–Trinajstić information content (AvgIpc) is 3.10. The van der Waals surface area contributed by atoms with Gasteiger partial charge in [-0.25, -0.2) is 4.79 Å². The van der Waals surface area contributed by atoms with Crippen LogP contribution in [0.25, 0.3) is 0 Å². The molecule has 1 amide bonds. The number of aryl methyl sites for hydroxylation is 1. The summed E-state index contributed by atoms with van der Waals surface area (Å²) in [4.78, 5) is 38.6. The van der Waals surface area contributed by atoms with Crippen molar-refractivity contribution in [2.75, 3.05) is 13.2 Å². The SMILES string of the molecule is CCOc1ccc(C(=O)N[C@H](C(=O)OCC(=O)c2ccc(C)s2)C(C)C)cc1. The number of ketones is 1. The molecule has 7 heteroatoms. The number of hydrogen-bond acceptors (Lipinski definition) is 6. The lowest BCUT2D eigenvalue weighted by molar-refractivity contribution is -0.145. The highest BCUT2D eigenvalue weighted by molar-refractivity contribution is 7.14. The van der Waals surface area contributed by atoms with E-state index in [4.69, 9.17) is 9.47 Å². The maximum atomic E-state index is 12.5. The van der Waals surface area contributed by atoms with Crippen molar-refractivity contribution >= 4 is 29.0 Å². The molecule has 28 heavy (non-hydrogen) atoms. The Morgan fingerprint density at radius 2 is 1.75 bits per heavy atom. The van der Waals surface area contributed by atoms with E-state index in [9.17, 15) is 14.4 Å². The number of thiophene rings is 1. The van der Waals surface area contributed by atoms with E-state index in [2.05, 4.69) is 5.32 Å². The van der Waals surface area contributed by atoms with Gasteiger partial charge >= 0.3 is 5.97 Å². The molecule has 0 unspecified atom stereocenters. The van der Waals surface area contributed by atoms with Crippen molar-refractivity contribution in [3.05, 3.63) is 51.7 Å². The van der Waals surface area contributed by atoms with Gasteiger partial charge < -0.3 is 14.8 Å². The molecule has 0 aliphatic carbocycles. The zero-order valence-electron chi connectivity index (χ0n) is 16.5. The van der Waals surface area contributed by atoms with Gasteiger partial charge in [0, 0.05) is 10.4 Å². The lowest BCUT2D eigenvalue weighted by atomic mass is 10.0. The number of carbonyl (C=O) groups is 3. The third-order valence-electron chi connectivity index (χ3n) is 4.00. The minimum atomic E-state index is -0.850. The van der Waals surface area contributed by atoms with E-state index in [1.54, 1.807) is 44.2 Å². The summed E-state index contributed by atoms with van der Waals surface area (Å²) in [7, 11) is 0. The predicted molar refractivity (Wildman–Crippen MR) is 108 cm³/mol. The summed E-state index contributed by atoms with van der Waals surface area (Å²) in [5, 5.41) is 2.69. The second-order valence-electron chi connectivity index (χ2n) is 6.59. The molecule has 150 valence electrons. The van der Waals surface area contributed by atoms with Crippen molar-refractivity contribution < 1.29 is 23.9 Å². The Kier molecular flexibility index (Phi) is 7.75. The van der Waals surface area contributed by atoms with Crippen molar-refractivity contribution in [3.8, 4) is 5.75 Å². The van der Waals surface area contributed by atoms with Crippen LogP contribution < -0.4 is 10.1 Å². The Morgan fingerprint density at radius 3 is 2.29 bits per heavy atom. The molecule has 2 aromatic rings. The van der Waals surface area contributed by atoms with Crippen molar-refractivity contribution in [3.63, 3.8) is 0 Å². The molecule has 1 aromatic heterocycles. The predicted octanol–water partition coefficient (Wildman–Crippen LogP) is 3.64. The largest absolute Gasteiger partial charge is 0.494 e. The fraction of sp³-hybridized carbons (Fsp3) is 0.381. The van der Waals surface area contributed by atoms with Crippen molar-refractivity contribution in [2.45, 2.75) is 33.7 Å². The fourth-order valence-corrected chi connectivity index (χ4v) is 3.27. The van der Waals surface area contributed by atoms with Gasteiger partial charge in [0.2, 0.25) is 5.78 Å². The zero-order chi connectivity index (χ0) is 20.7. The first-order valence-corrected chi connectivity index (χ1v) is 9.93. The van der Waals surface area contributed by atoms with Gasteiger partial charge in [0.15, 0.2) is 6.61 Å². The Labute approximate surface area is 168 Å². The Balaban J connectivity index is 1.96. The van der Waals surface area contributed by atoms with E-state index in [-0.39, 0.29) is 24.2 Å². The number of nitrogens with one attached hydrogen (secondary N) is 1. The number of esters is 1. The summed E-state index contributed by atoms with van der Waals surface area (Å²) in [6, 6.07) is 9.36. The van der Waals surface area contributed by atoms with Gasteiger partial charge in [-0.3, -0.25) is 9.59 Å². The summed E-state index contributed by atoms with van der Waals surface area (Å²) in [5.41, 5.74) is 0.409. The van der Waals surface area contributed by atoms with Gasteiger partial charge in [0.25, 0.3) is 5.91 Å². The van der Waals surface area contributed by atoms with E-state index < -0.39 is 12.0 Å². The molecule has 0 radical (unpaired) electrons. The molecule has 0 aliphatic rings. The van der Waals surface area contributed by atoms with Crippen LogP contribution in [-0.4, -0.2) is 36.9 Å². The van der Waals surface area contributed by atoms with Gasteiger partial charge in [-0.15, -0.1) is 11.3 Å². The van der Waals surface area contributed by atoms with Crippen molar-refractivity contribution in [1.29, 1.82) is 0 Å². The molecule has 6 nitrogen and oxygen atoms in total. The quantitative estimate of drug-likeness (QED) is 0.511. The Morgan fingerprint density at radius 1 is 1.07 bits per heavy atom. The maximum Gasteiger partial charge on any atom is 0.329 e. The molecule has 1 heterocycles. The molecule has 0 spiro atoms.